The molecule has 1 fully saturated rings. The number of aliphatic hydroxyl groups is 1. The Labute approximate surface area is 112 Å². The molecule has 1 aromatic rings. The van der Waals surface area contributed by atoms with Crippen LogP contribution >= 0.6 is 0 Å². The fraction of sp³-hybridized carbons (Fsp3) is 0.429. The van der Waals surface area contributed by atoms with Gasteiger partial charge in [-0.25, -0.2) is 9.64 Å². The molecule has 0 saturated carbocycles. The molecule has 1 amide bonds. The minimum atomic E-state index is -0.674. The molecule has 1 saturated heterocycles. The van der Waals surface area contributed by atoms with Gasteiger partial charge < -0.3 is 9.84 Å². The van der Waals surface area contributed by atoms with Gasteiger partial charge in [-0.15, -0.1) is 0 Å². The molecule has 1 aliphatic heterocycles. The summed E-state index contributed by atoms with van der Waals surface area (Å²) < 4.78 is 5.01. The molecule has 0 radical (unpaired) electrons. The van der Waals surface area contributed by atoms with Crippen molar-refractivity contribution in [3.8, 4) is 0 Å². The van der Waals surface area contributed by atoms with Gasteiger partial charge in [-0.2, -0.15) is 0 Å². The Kier molecular flexibility index (Phi) is 3.45. The van der Waals surface area contributed by atoms with Crippen molar-refractivity contribution in [2.45, 2.75) is 32.9 Å². The van der Waals surface area contributed by atoms with Crippen LogP contribution in [0.4, 0.5) is 16.2 Å². The molecular weight excluding hydrogens is 244 g/mol. The van der Waals surface area contributed by atoms with Gasteiger partial charge in [0.2, 0.25) is 0 Å². The first-order valence-electron chi connectivity index (χ1n) is 6.09. The number of amides is 1. The lowest BCUT2D eigenvalue weighted by Crippen LogP contribution is -2.41. The Morgan fingerprint density at radius 3 is 2.74 bits per heavy atom. The number of nitrogens with zero attached hydrogens (tertiary/aromatic N) is 2. The second kappa shape index (κ2) is 4.90. The zero-order valence-corrected chi connectivity index (χ0v) is 11.2. The Morgan fingerprint density at radius 2 is 2.16 bits per heavy atom. The smallest absolute Gasteiger partial charge is 0.414 e. The number of carbonyl (C=O) groups is 1. The lowest BCUT2D eigenvalue weighted by molar-refractivity contribution is 0.142. The number of hydrogen-bond acceptors (Lipinski definition) is 3. The van der Waals surface area contributed by atoms with Crippen LogP contribution in [-0.2, 0) is 4.74 Å². The largest absolute Gasteiger partial charge is 0.447 e. The van der Waals surface area contributed by atoms with E-state index >= 15 is 0 Å². The van der Waals surface area contributed by atoms with Gasteiger partial charge in [0.25, 0.3) is 0 Å². The number of anilines is 1. The molecule has 2 atom stereocenters. The number of cyclic esters (lactones) is 1. The second-order valence-corrected chi connectivity index (χ2v) is 4.72. The van der Waals surface area contributed by atoms with Crippen molar-refractivity contribution < 1.29 is 14.6 Å². The molecule has 1 N–H and O–H groups in total. The van der Waals surface area contributed by atoms with Gasteiger partial charge in [-0.05, 0) is 38.0 Å². The maximum absolute atomic E-state index is 11.8. The number of ether oxygens (including phenoxy) is 1. The van der Waals surface area contributed by atoms with Crippen LogP contribution in [0.2, 0.25) is 0 Å². The quantitative estimate of drug-likeness (QED) is 0.831. The Hall–Kier alpha value is -2.06. The van der Waals surface area contributed by atoms with E-state index in [1.165, 1.54) is 4.90 Å². The molecule has 0 aromatic heterocycles. The topological polar surface area (TPSA) is 54.1 Å². The van der Waals surface area contributed by atoms with E-state index in [0.29, 0.717) is 11.4 Å². The second-order valence-electron chi connectivity index (χ2n) is 4.72. The molecule has 0 unspecified atom stereocenters. The van der Waals surface area contributed by atoms with Crippen molar-refractivity contribution in [2.24, 2.45) is 0 Å². The lowest BCUT2D eigenvalue weighted by Gasteiger charge is -2.26. The van der Waals surface area contributed by atoms with Gasteiger partial charge in [-0.1, -0.05) is 6.07 Å². The molecule has 5 heteroatoms. The van der Waals surface area contributed by atoms with Crippen LogP contribution in [0.5, 0.6) is 0 Å². The third-order valence-corrected chi connectivity index (χ3v) is 3.57. The first kappa shape index (κ1) is 13.4. The fourth-order valence-corrected chi connectivity index (χ4v) is 2.24. The minimum absolute atomic E-state index is 0.180. The van der Waals surface area contributed by atoms with Gasteiger partial charge in [0.05, 0.1) is 12.7 Å². The molecule has 5 nitrogen and oxygen atoms in total. The van der Waals surface area contributed by atoms with Crippen molar-refractivity contribution in [2.75, 3.05) is 11.5 Å². The standard InChI is InChI=1S/C14H16N2O3/c1-8-9(2)12(6-5-11(8)15-4)16-13(10(3)17)7-19-14(16)18/h5-6,10,13,17H,7H2,1-3H3/t10-,13-/m1/s1. The van der Waals surface area contributed by atoms with Crippen molar-refractivity contribution in [1.29, 1.82) is 0 Å². The van der Waals surface area contributed by atoms with E-state index in [4.69, 9.17) is 11.3 Å². The van der Waals surface area contributed by atoms with E-state index in [2.05, 4.69) is 4.85 Å². The van der Waals surface area contributed by atoms with E-state index in [9.17, 15) is 9.90 Å². The third kappa shape index (κ3) is 2.15. The lowest BCUT2D eigenvalue weighted by atomic mass is 10.0. The summed E-state index contributed by atoms with van der Waals surface area (Å²) in [5.41, 5.74) is 2.97. The normalized spacial score (nSPS) is 20.1. The molecule has 1 heterocycles. The van der Waals surface area contributed by atoms with Crippen molar-refractivity contribution in [1.82, 2.24) is 0 Å². The van der Waals surface area contributed by atoms with Crippen molar-refractivity contribution in [3.63, 3.8) is 0 Å². The first-order valence-corrected chi connectivity index (χ1v) is 6.09. The maximum Gasteiger partial charge on any atom is 0.414 e. The number of carbonyl (C=O) groups excluding carboxylic acids is 1. The van der Waals surface area contributed by atoms with Gasteiger partial charge in [0.15, 0.2) is 5.69 Å². The van der Waals surface area contributed by atoms with Crippen LogP contribution in [0.1, 0.15) is 18.1 Å². The molecular formula is C14H16N2O3. The summed E-state index contributed by atoms with van der Waals surface area (Å²) in [6, 6.07) is 3.04. The predicted octanol–water partition coefficient (Wildman–Crippen LogP) is 2.56. The summed E-state index contributed by atoms with van der Waals surface area (Å²) in [5, 5.41) is 9.74. The van der Waals surface area contributed by atoms with E-state index in [1.54, 1.807) is 19.1 Å². The van der Waals surface area contributed by atoms with Gasteiger partial charge in [0, 0.05) is 5.69 Å². The van der Waals surface area contributed by atoms with E-state index in [1.807, 2.05) is 13.8 Å². The molecule has 1 aliphatic rings. The molecule has 2 rings (SSSR count). The monoisotopic (exact) mass is 260 g/mol. The van der Waals surface area contributed by atoms with Crippen molar-refractivity contribution >= 4 is 17.5 Å². The van der Waals surface area contributed by atoms with E-state index in [0.717, 1.165) is 11.1 Å². The summed E-state index contributed by atoms with van der Waals surface area (Å²) >= 11 is 0. The van der Waals surface area contributed by atoms with Crippen molar-refractivity contribution in [3.05, 3.63) is 34.7 Å². The average Bonchev–Trinajstić information content (AvgIpc) is 2.75. The SMILES string of the molecule is [C-]#[N+]c1ccc(N2C(=O)OC[C@@H]2[C@@H](C)O)c(C)c1C. The summed E-state index contributed by atoms with van der Waals surface area (Å²) in [5.74, 6) is 0. The number of rotatable bonds is 2. The molecule has 100 valence electrons. The maximum atomic E-state index is 11.8. The predicted molar refractivity (Wildman–Crippen MR) is 71.5 cm³/mol. The zero-order chi connectivity index (χ0) is 14.2. The minimum Gasteiger partial charge on any atom is -0.447 e. The highest BCUT2D eigenvalue weighted by Gasteiger charge is 2.38. The van der Waals surface area contributed by atoms with E-state index in [-0.39, 0.29) is 12.6 Å². The molecule has 0 bridgehead atoms. The average molecular weight is 260 g/mol. The van der Waals surface area contributed by atoms with Gasteiger partial charge in [-0.3, -0.25) is 4.90 Å². The highest BCUT2D eigenvalue weighted by Crippen LogP contribution is 2.33. The number of hydrogen-bond donors (Lipinski definition) is 1. The fourth-order valence-electron chi connectivity index (χ4n) is 2.24. The first-order chi connectivity index (χ1) is 8.97. The van der Waals surface area contributed by atoms with Crippen LogP contribution in [0.3, 0.4) is 0 Å². The number of aliphatic hydroxyl groups excluding tert-OH is 1. The molecule has 19 heavy (non-hydrogen) atoms. The zero-order valence-electron chi connectivity index (χ0n) is 11.2. The molecule has 0 spiro atoms. The van der Waals surface area contributed by atoms with Crippen LogP contribution in [0.25, 0.3) is 4.85 Å². The van der Waals surface area contributed by atoms with Gasteiger partial charge in [0.1, 0.15) is 12.6 Å². The summed E-state index contributed by atoms with van der Waals surface area (Å²) in [6.07, 6.45) is -1.13. The Bertz CT molecular complexity index is 561. The molecule has 0 aliphatic carbocycles. The third-order valence-electron chi connectivity index (χ3n) is 3.57. The van der Waals surface area contributed by atoms with Gasteiger partial charge >= 0.3 is 6.09 Å². The Morgan fingerprint density at radius 1 is 1.47 bits per heavy atom. The summed E-state index contributed by atoms with van der Waals surface area (Å²) in [7, 11) is 0. The highest BCUT2D eigenvalue weighted by molar-refractivity contribution is 5.92. The van der Waals surface area contributed by atoms with Crippen LogP contribution in [0, 0.1) is 20.4 Å². The van der Waals surface area contributed by atoms with Crippen LogP contribution in [0.15, 0.2) is 12.1 Å². The van der Waals surface area contributed by atoms with E-state index < -0.39 is 12.2 Å². The van der Waals surface area contributed by atoms with Crippen LogP contribution < -0.4 is 4.90 Å². The van der Waals surface area contributed by atoms with Crippen LogP contribution in [-0.4, -0.2) is 30.0 Å². The summed E-state index contributed by atoms with van der Waals surface area (Å²) in [6.45, 7) is 12.6. The number of benzene rings is 1. The molecule has 1 aromatic carbocycles. The Balaban J connectivity index is 2.50. The highest BCUT2D eigenvalue weighted by atomic mass is 16.6. The summed E-state index contributed by atoms with van der Waals surface area (Å²) in [4.78, 5) is 16.8.